The highest BCUT2D eigenvalue weighted by molar-refractivity contribution is 9.10. The number of Topliss-reactive ketones (excluding diaryl/α,β-unsaturated/α-hetero) is 1. The summed E-state index contributed by atoms with van der Waals surface area (Å²) in [6.07, 6.45) is 1.67. The number of aromatic hydroxyl groups is 1. The Labute approximate surface area is 124 Å². The van der Waals surface area contributed by atoms with Crippen LogP contribution in [-0.4, -0.2) is 10.9 Å². The monoisotopic (exact) mass is 330 g/mol. The second-order valence-corrected chi connectivity index (χ2v) is 5.57. The molecule has 3 nitrogen and oxygen atoms in total. The first-order chi connectivity index (χ1) is 9.54. The van der Waals surface area contributed by atoms with Gasteiger partial charge in [-0.15, -0.1) is 0 Å². The molecule has 0 bridgehead atoms. The normalized spacial score (nSPS) is 15.3. The van der Waals surface area contributed by atoms with Gasteiger partial charge in [0.25, 0.3) is 0 Å². The molecule has 4 heteroatoms. The van der Waals surface area contributed by atoms with Crippen LogP contribution in [0.15, 0.2) is 46.6 Å². The zero-order chi connectivity index (χ0) is 14.3. The average molecular weight is 331 g/mol. The van der Waals surface area contributed by atoms with Crippen LogP contribution >= 0.6 is 15.9 Å². The van der Waals surface area contributed by atoms with Gasteiger partial charge in [0.15, 0.2) is 5.76 Å². The molecule has 0 aliphatic carbocycles. The van der Waals surface area contributed by atoms with Gasteiger partial charge in [-0.1, -0.05) is 28.1 Å². The van der Waals surface area contributed by atoms with Gasteiger partial charge in [0.05, 0.1) is 0 Å². The maximum absolute atomic E-state index is 12.3. The number of ether oxygens (including phenoxy) is 1. The summed E-state index contributed by atoms with van der Waals surface area (Å²) in [5.74, 6) is 0.299. The minimum Gasteiger partial charge on any atom is -0.507 e. The molecule has 20 heavy (non-hydrogen) atoms. The Morgan fingerprint density at radius 3 is 2.80 bits per heavy atom. The van der Waals surface area contributed by atoms with E-state index in [0.29, 0.717) is 5.75 Å². The lowest BCUT2D eigenvalue weighted by atomic mass is 10.1. The van der Waals surface area contributed by atoms with Gasteiger partial charge in [-0.25, -0.2) is 0 Å². The number of halogens is 1. The fraction of sp³-hybridized carbons (Fsp3) is 0.0625. The van der Waals surface area contributed by atoms with E-state index in [0.717, 1.165) is 15.6 Å². The lowest BCUT2D eigenvalue weighted by Gasteiger charge is -2.01. The Balaban J connectivity index is 2.04. The van der Waals surface area contributed by atoms with Gasteiger partial charge in [0, 0.05) is 4.47 Å². The van der Waals surface area contributed by atoms with Crippen LogP contribution in [0, 0.1) is 6.92 Å². The molecule has 1 heterocycles. The molecular weight excluding hydrogens is 320 g/mol. The predicted molar refractivity (Wildman–Crippen MR) is 79.9 cm³/mol. The summed E-state index contributed by atoms with van der Waals surface area (Å²) in [5, 5.41) is 9.88. The van der Waals surface area contributed by atoms with E-state index in [2.05, 4.69) is 15.9 Å². The van der Waals surface area contributed by atoms with Gasteiger partial charge in [-0.05, 0) is 48.4 Å². The molecule has 2 aromatic rings. The van der Waals surface area contributed by atoms with Crippen LogP contribution < -0.4 is 4.74 Å². The largest absolute Gasteiger partial charge is 0.507 e. The van der Waals surface area contributed by atoms with Crippen molar-refractivity contribution in [3.63, 3.8) is 0 Å². The van der Waals surface area contributed by atoms with Crippen molar-refractivity contribution in [3.8, 4) is 11.5 Å². The molecule has 0 amide bonds. The SMILES string of the molecule is Cc1cc(O)c2c(c1)OC(=Cc1cccc(Br)c1)C2=O. The molecule has 0 saturated carbocycles. The fourth-order valence-electron chi connectivity index (χ4n) is 2.17. The van der Waals surface area contributed by atoms with Crippen molar-refractivity contribution in [2.75, 3.05) is 0 Å². The molecule has 0 aromatic heterocycles. The molecule has 0 saturated heterocycles. The van der Waals surface area contributed by atoms with E-state index < -0.39 is 0 Å². The summed E-state index contributed by atoms with van der Waals surface area (Å²) in [6.45, 7) is 1.84. The highest BCUT2D eigenvalue weighted by atomic mass is 79.9. The van der Waals surface area contributed by atoms with Crippen molar-refractivity contribution < 1.29 is 14.6 Å². The predicted octanol–water partition coefficient (Wildman–Crippen LogP) is 4.08. The third-order valence-corrected chi connectivity index (χ3v) is 3.54. The molecule has 1 aliphatic rings. The number of carbonyl (C=O) groups is 1. The van der Waals surface area contributed by atoms with Crippen molar-refractivity contribution in [2.24, 2.45) is 0 Å². The number of phenolic OH excluding ortho intramolecular Hbond substituents is 1. The molecule has 0 spiro atoms. The number of phenols is 1. The number of ketones is 1. The molecule has 100 valence electrons. The fourth-order valence-corrected chi connectivity index (χ4v) is 2.59. The van der Waals surface area contributed by atoms with E-state index in [9.17, 15) is 9.90 Å². The van der Waals surface area contributed by atoms with Gasteiger partial charge >= 0.3 is 0 Å². The molecule has 0 radical (unpaired) electrons. The van der Waals surface area contributed by atoms with E-state index in [1.807, 2.05) is 31.2 Å². The second-order valence-electron chi connectivity index (χ2n) is 4.65. The van der Waals surface area contributed by atoms with Gasteiger partial charge in [0.1, 0.15) is 17.1 Å². The van der Waals surface area contributed by atoms with Crippen LogP contribution in [0.1, 0.15) is 21.5 Å². The van der Waals surface area contributed by atoms with E-state index in [1.165, 1.54) is 0 Å². The van der Waals surface area contributed by atoms with Crippen LogP contribution in [0.5, 0.6) is 11.5 Å². The average Bonchev–Trinajstić information content (AvgIpc) is 2.66. The van der Waals surface area contributed by atoms with E-state index >= 15 is 0 Å². The Bertz CT molecular complexity index is 747. The summed E-state index contributed by atoms with van der Waals surface area (Å²) in [7, 11) is 0. The zero-order valence-corrected chi connectivity index (χ0v) is 12.3. The summed E-state index contributed by atoms with van der Waals surface area (Å²) in [4.78, 5) is 12.3. The Kier molecular flexibility index (Phi) is 3.10. The van der Waals surface area contributed by atoms with Crippen LogP contribution in [-0.2, 0) is 0 Å². The Morgan fingerprint density at radius 2 is 2.05 bits per heavy atom. The minimum absolute atomic E-state index is 0.0392. The Hall–Kier alpha value is -2.07. The molecule has 1 aliphatic heterocycles. The number of fused-ring (bicyclic) bond motifs is 1. The molecule has 3 rings (SSSR count). The summed E-state index contributed by atoms with van der Waals surface area (Å²) >= 11 is 3.38. The van der Waals surface area contributed by atoms with Gasteiger partial charge in [-0.2, -0.15) is 0 Å². The first-order valence-corrected chi connectivity index (χ1v) is 6.87. The molecule has 0 unspecified atom stereocenters. The van der Waals surface area contributed by atoms with E-state index in [4.69, 9.17) is 4.74 Å². The quantitative estimate of drug-likeness (QED) is 0.801. The van der Waals surface area contributed by atoms with Crippen molar-refractivity contribution in [1.82, 2.24) is 0 Å². The van der Waals surface area contributed by atoms with Crippen LogP contribution in [0.3, 0.4) is 0 Å². The topological polar surface area (TPSA) is 46.5 Å². The number of hydrogen-bond acceptors (Lipinski definition) is 3. The third-order valence-electron chi connectivity index (χ3n) is 3.04. The number of carbonyl (C=O) groups excluding carboxylic acids is 1. The maximum Gasteiger partial charge on any atom is 0.235 e. The highest BCUT2D eigenvalue weighted by Gasteiger charge is 2.30. The lowest BCUT2D eigenvalue weighted by Crippen LogP contribution is -1.98. The van der Waals surface area contributed by atoms with Crippen LogP contribution in [0.25, 0.3) is 6.08 Å². The standard InChI is InChI=1S/C16H11BrO3/c1-9-5-12(18)15-13(6-9)20-14(16(15)19)8-10-3-2-4-11(17)7-10/h2-8,18H,1H3. The molecule has 0 atom stereocenters. The second kappa shape index (κ2) is 4.80. The number of rotatable bonds is 1. The van der Waals surface area contributed by atoms with Gasteiger partial charge in [-0.3, -0.25) is 4.79 Å². The van der Waals surface area contributed by atoms with Crippen molar-refractivity contribution in [1.29, 1.82) is 0 Å². The van der Waals surface area contributed by atoms with Crippen LogP contribution in [0.4, 0.5) is 0 Å². The third kappa shape index (κ3) is 2.23. The zero-order valence-electron chi connectivity index (χ0n) is 10.7. The number of benzene rings is 2. The van der Waals surface area contributed by atoms with E-state index in [-0.39, 0.29) is 22.9 Å². The van der Waals surface area contributed by atoms with E-state index in [1.54, 1.807) is 18.2 Å². The maximum atomic E-state index is 12.3. The molecular formula is C16H11BrO3. The van der Waals surface area contributed by atoms with Crippen LogP contribution in [0.2, 0.25) is 0 Å². The summed E-state index contributed by atoms with van der Waals surface area (Å²) in [5.41, 5.74) is 1.93. The molecule has 1 N–H and O–H groups in total. The van der Waals surface area contributed by atoms with Gasteiger partial charge in [0.2, 0.25) is 5.78 Å². The first kappa shape index (κ1) is 12.9. The number of aryl methyl sites for hydroxylation is 1. The Morgan fingerprint density at radius 1 is 1.25 bits per heavy atom. The molecule has 0 fully saturated rings. The van der Waals surface area contributed by atoms with Crippen molar-refractivity contribution in [2.45, 2.75) is 6.92 Å². The summed E-state index contributed by atoms with van der Waals surface area (Å²) < 4.78 is 6.49. The lowest BCUT2D eigenvalue weighted by molar-refractivity contribution is 0.101. The van der Waals surface area contributed by atoms with Crippen molar-refractivity contribution in [3.05, 3.63) is 63.3 Å². The van der Waals surface area contributed by atoms with Gasteiger partial charge < -0.3 is 9.84 Å². The minimum atomic E-state index is -0.294. The molecule has 2 aromatic carbocycles. The first-order valence-electron chi connectivity index (χ1n) is 6.08. The van der Waals surface area contributed by atoms with Crippen molar-refractivity contribution >= 4 is 27.8 Å². The number of allylic oxidation sites excluding steroid dienone is 1. The number of hydrogen-bond donors (Lipinski definition) is 1. The summed E-state index contributed by atoms with van der Waals surface area (Å²) in [6, 6.07) is 10.9. The highest BCUT2D eigenvalue weighted by Crippen LogP contribution is 2.38. The smallest absolute Gasteiger partial charge is 0.235 e.